The average molecular weight is 396 g/mol. The number of carbonyl (C=O) groups is 3. The van der Waals surface area contributed by atoms with Crippen LogP contribution in [0.4, 0.5) is 5.69 Å². The van der Waals surface area contributed by atoms with Gasteiger partial charge in [0.2, 0.25) is 0 Å². The Kier molecular flexibility index (Phi) is 6.08. The van der Waals surface area contributed by atoms with Crippen molar-refractivity contribution in [3.63, 3.8) is 0 Å². The van der Waals surface area contributed by atoms with Gasteiger partial charge in [0.05, 0.1) is 31.2 Å². The minimum absolute atomic E-state index is 0.0953. The molecule has 150 valence electrons. The molecule has 0 spiro atoms. The number of carbonyl (C=O) groups excluding carboxylic acids is 3. The molecule has 29 heavy (non-hydrogen) atoms. The molecule has 2 amide bonds. The van der Waals surface area contributed by atoms with Crippen molar-refractivity contribution in [2.24, 2.45) is 0 Å². The molecule has 9 heteroatoms. The lowest BCUT2D eigenvalue weighted by atomic mass is 10.1. The Morgan fingerprint density at radius 3 is 2.45 bits per heavy atom. The predicted molar refractivity (Wildman–Crippen MR) is 104 cm³/mol. The third-order valence-electron chi connectivity index (χ3n) is 4.12. The maximum absolute atomic E-state index is 12.6. The molecule has 0 radical (unpaired) electrons. The first-order valence-corrected chi connectivity index (χ1v) is 8.89. The molecule has 2 heterocycles. The number of aryl methyl sites for hydroxylation is 1. The van der Waals surface area contributed by atoms with Crippen molar-refractivity contribution >= 4 is 23.5 Å². The number of rotatable bonds is 7. The molecule has 0 aliphatic rings. The zero-order chi connectivity index (χ0) is 20.8. The molecule has 0 saturated carbocycles. The lowest BCUT2D eigenvalue weighted by molar-refractivity contribution is 0.0600. The summed E-state index contributed by atoms with van der Waals surface area (Å²) in [6.07, 6.45) is 3.10. The highest BCUT2D eigenvalue weighted by molar-refractivity contribution is 6.08. The Morgan fingerprint density at radius 2 is 1.83 bits per heavy atom. The number of furan rings is 1. The third-order valence-corrected chi connectivity index (χ3v) is 4.12. The van der Waals surface area contributed by atoms with Crippen LogP contribution < -0.4 is 10.6 Å². The van der Waals surface area contributed by atoms with Crippen LogP contribution in [-0.4, -0.2) is 34.7 Å². The summed E-state index contributed by atoms with van der Waals surface area (Å²) in [5, 5.41) is 9.62. The monoisotopic (exact) mass is 396 g/mol. The first kappa shape index (κ1) is 19.9. The summed E-state index contributed by atoms with van der Waals surface area (Å²) < 4.78 is 11.4. The summed E-state index contributed by atoms with van der Waals surface area (Å²) in [6.45, 7) is 2.60. The lowest BCUT2D eigenvalue weighted by Crippen LogP contribution is -2.25. The number of methoxy groups -OCH3 is 1. The number of ether oxygens (including phenoxy) is 1. The summed E-state index contributed by atoms with van der Waals surface area (Å²) in [4.78, 5) is 36.6. The van der Waals surface area contributed by atoms with E-state index in [0.717, 1.165) is 0 Å². The number of anilines is 1. The van der Waals surface area contributed by atoms with Crippen LogP contribution in [0.15, 0.2) is 53.3 Å². The SMILES string of the molecule is CCn1cc(NC(=O)c2ccc(C(=O)OC)cc2)c(C(=O)NCc2ccco2)n1. The van der Waals surface area contributed by atoms with Gasteiger partial charge < -0.3 is 19.8 Å². The summed E-state index contributed by atoms with van der Waals surface area (Å²) >= 11 is 0. The molecule has 0 saturated heterocycles. The number of amides is 2. The van der Waals surface area contributed by atoms with Crippen LogP contribution in [0.2, 0.25) is 0 Å². The van der Waals surface area contributed by atoms with E-state index in [1.807, 2.05) is 6.92 Å². The van der Waals surface area contributed by atoms with Crippen LogP contribution in [0.25, 0.3) is 0 Å². The first-order valence-electron chi connectivity index (χ1n) is 8.89. The molecule has 3 rings (SSSR count). The quantitative estimate of drug-likeness (QED) is 0.593. The van der Waals surface area contributed by atoms with Crippen LogP contribution in [-0.2, 0) is 17.8 Å². The van der Waals surface area contributed by atoms with Crippen molar-refractivity contribution in [2.45, 2.75) is 20.0 Å². The van der Waals surface area contributed by atoms with Crippen molar-refractivity contribution in [3.8, 4) is 0 Å². The van der Waals surface area contributed by atoms with E-state index in [0.29, 0.717) is 23.4 Å². The smallest absolute Gasteiger partial charge is 0.337 e. The molecule has 0 fully saturated rings. The zero-order valence-electron chi connectivity index (χ0n) is 16.0. The highest BCUT2D eigenvalue weighted by Gasteiger charge is 2.19. The largest absolute Gasteiger partial charge is 0.467 e. The predicted octanol–water partition coefficient (Wildman–Crippen LogP) is 2.46. The van der Waals surface area contributed by atoms with Crippen molar-refractivity contribution in [1.29, 1.82) is 0 Å². The Morgan fingerprint density at radius 1 is 1.10 bits per heavy atom. The number of esters is 1. The summed E-state index contributed by atoms with van der Waals surface area (Å²) in [5.74, 6) is -0.761. The van der Waals surface area contributed by atoms with Crippen LogP contribution in [0.1, 0.15) is 43.9 Å². The Hall–Kier alpha value is -3.88. The maximum Gasteiger partial charge on any atom is 0.337 e. The lowest BCUT2D eigenvalue weighted by Gasteiger charge is -2.06. The fourth-order valence-corrected chi connectivity index (χ4v) is 2.58. The normalized spacial score (nSPS) is 10.4. The summed E-state index contributed by atoms with van der Waals surface area (Å²) in [7, 11) is 1.28. The van der Waals surface area contributed by atoms with Gasteiger partial charge in [-0.3, -0.25) is 14.3 Å². The molecule has 0 atom stereocenters. The molecular weight excluding hydrogens is 376 g/mol. The first-order chi connectivity index (χ1) is 14.0. The molecule has 0 unspecified atom stereocenters. The zero-order valence-corrected chi connectivity index (χ0v) is 16.0. The molecule has 3 aromatic rings. The van der Waals surface area contributed by atoms with Crippen LogP contribution in [0.5, 0.6) is 0 Å². The van der Waals surface area contributed by atoms with Gasteiger partial charge in [-0.05, 0) is 43.3 Å². The number of nitrogens with zero attached hydrogens (tertiary/aromatic N) is 2. The summed E-state index contributed by atoms with van der Waals surface area (Å²) in [5.41, 5.74) is 1.04. The second-order valence-corrected chi connectivity index (χ2v) is 6.03. The van der Waals surface area contributed by atoms with Crippen LogP contribution >= 0.6 is 0 Å². The van der Waals surface area contributed by atoms with E-state index in [-0.39, 0.29) is 17.9 Å². The van der Waals surface area contributed by atoms with E-state index in [9.17, 15) is 14.4 Å². The Labute approximate surface area is 166 Å². The standard InChI is InChI=1S/C20H20N4O5/c1-3-24-12-16(17(23-24)19(26)21-11-15-5-4-10-29-15)22-18(25)13-6-8-14(9-7-13)20(27)28-2/h4-10,12H,3,11H2,1-2H3,(H,21,26)(H,22,25). The topological polar surface area (TPSA) is 115 Å². The van der Waals surface area contributed by atoms with Gasteiger partial charge in [-0.15, -0.1) is 0 Å². The van der Waals surface area contributed by atoms with Crippen LogP contribution in [0, 0.1) is 0 Å². The molecule has 9 nitrogen and oxygen atoms in total. The van der Waals surface area contributed by atoms with Gasteiger partial charge in [-0.25, -0.2) is 4.79 Å². The van der Waals surface area contributed by atoms with Crippen LogP contribution in [0.3, 0.4) is 0 Å². The average Bonchev–Trinajstić information content (AvgIpc) is 3.41. The van der Waals surface area contributed by atoms with Crippen molar-refractivity contribution < 1.29 is 23.5 Å². The van der Waals surface area contributed by atoms with Gasteiger partial charge in [0, 0.05) is 18.3 Å². The Balaban J connectivity index is 1.74. The Bertz CT molecular complexity index is 1010. The third kappa shape index (κ3) is 4.70. The summed E-state index contributed by atoms with van der Waals surface area (Å²) in [6, 6.07) is 9.46. The number of hydrogen-bond donors (Lipinski definition) is 2. The van der Waals surface area contributed by atoms with Gasteiger partial charge in [0.1, 0.15) is 5.76 Å². The molecule has 0 aliphatic heterocycles. The van der Waals surface area contributed by atoms with Crippen molar-refractivity contribution in [3.05, 3.63) is 71.4 Å². The molecule has 2 N–H and O–H groups in total. The van der Waals surface area contributed by atoms with Gasteiger partial charge >= 0.3 is 5.97 Å². The van der Waals surface area contributed by atoms with Crippen molar-refractivity contribution in [1.82, 2.24) is 15.1 Å². The van der Waals surface area contributed by atoms with E-state index in [1.54, 1.807) is 23.0 Å². The highest BCUT2D eigenvalue weighted by Crippen LogP contribution is 2.16. The second kappa shape index (κ2) is 8.87. The second-order valence-electron chi connectivity index (χ2n) is 6.03. The molecule has 1 aromatic carbocycles. The number of nitrogens with one attached hydrogen (secondary N) is 2. The minimum atomic E-state index is -0.489. The fraction of sp³-hybridized carbons (Fsp3) is 0.200. The van der Waals surface area contributed by atoms with E-state index in [2.05, 4.69) is 20.5 Å². The van der Waals surface area contributed by atoms with Crippen molar-refractivity contribution in [2.75, 3.05) is 12.4 Å². The number of aromatic nitrogens is 2. The number of hydrogen-bond acceptors (Lipinski definition) is 6. The molecular formula is C20H20N4O5. The number of benzene rings is 1. The molecule has 0 bridgehead atoms. The fourth-order valence-electron chi connectivity index (χ4n) is 2.58. The molecule has 0 aliphatic carbocycles. The maximum atomic E-state index is 12.6. The van der Waals surface area contributed by atoms with E-state index in [1.165, 1.54) is 37.6 Å². The van der Waals surface area contributed by atoms with Gasteiger partial charge in [0.15, 0.2) is 5.69 Å². The highest BCUT2D eigenvalue weighted by atomic mass is 16.5. The van der Waals surface area contributed by atoms with E-state index >= 15 is 0 Å². The molecule has 2 aromatic heterocycles. The van der Waals surface area contributed by atoms with E-state index < -0.39 is 17.8 Å². The van der Waals surface area contributed by atoms with Gasteiger partial charge in [-0.2, -0.15) is 5.10 Å². The minimum Gasteiger partial charge on any atom is -0.467 e. The van der Waals surface area contributed by atoms with E-state index in [4.69, 9.17) is 4.42 Å². The van der Waals surface area contributed by atoms with Gasteiger partial charge in [0.25, 0.3) is 11.8 Å². The van der Waals surface area contributed by atoms with Gasteiger partial charge in [-0.1, -0.05) is 0 Å².